The van der Waals surface area contributed by atoms with Gasteiger partial charge in [0, 0.05) is 16.7 Å². The number of rotatable bonds is 5. The molecule has 1 aliphatic carbocycles. The maximum Gasteiger partial charge on any atom is 0.161 e. The van der Waals surface area contributed by atoms with Crippen molar-refractivity contribution >= 4 is 5.71 Å². The number of nitrogens with one attached hydrogen (secondary N) is 1. The number of benzene rings is 3. The van der Waals surface area contributed by atoms with Crippen molar-refractivity contribution in [2.24, 2.45) is 5.10 Å². The Kier molecular flexibility index (Phi) is 5.58. The Morgan fingerprint density at radius 2 is 1.44 bits per heavy atom. The quantitative estimate of drug-likeness (QED) is 0.633. The monoisotopic (exact) mass is 428 g/mol. The van der Waals surface area contributed by atoms with E-state index in [1.165, 1.54) is 22.3 Å². The lowest BCUT2D eigenvalue weighted by atomic mass is 10.0. The molecule has 0 aromatic heterocycles. The molecule has 5 nitrogen and oxygen atoms in total. The number of ether oxygens (including phenoxy) is 2. The summed E-state index contributed by atoms with van der Waals surface area (Å²) < 4.78 is 10.8. The van der Waals surface area contributed by atoms with E-state index in [1.807, 2.05) is 18.2 Å². The molecule has 1 N–H and O–H groups in total. The Bertz CT molecular complexity index is 1100. The van der Waals surface area contributed by atoms with Gasteiger partial charge < -0.3 is 14.4 Å². The first-order chi connectivity index (χ1) is 15.7. The van der Waals surface area contributed by atoms with Gasteiger partial charge in [-0.15, -0.1) is 0 Å². The molecule has 164 valence electrons. The van der Waals surface area contributed by atoms with Crippen LogP contribution in [0.5, 0.6) is 11.5 Å². The molecule has 3 aromatic carbocycles. The van der Waals surface area contributed by atoms with E-state index in [4.69, 9.17) is 14.6 Å². The molecule has 5 heteroatoms. The molecule has 0 saturated carbocycles. The fourth-order valence-electron chi connectivity index (χ4n) is 5.10. The molecule has 1 heterocycles. The minimum Gasteiger partial charge on any atom is -0.493 e. The van der Waals surface area contributed by atoms with Crippen LogP contribution in [0.15, 0.2) is 71.8 Å². The zero-order valence-corrected chi connectivity index (χ0v) is 19.0. The molecule has 2 aliphatic rings. The van der Waals surface area contributed by atoms with Crippen LogP contribution >= 0.6 is 0 Å². The molecule has 3 aromatic rings. The number of piperazine rings is 1. The summed E-state index contributed by atoms with van der Waals surface area (Å²) in [5, 5.41) is 7.14. The topological polar surface area (TPSA) is 38.5 Å². The van der Waals surface area contributed by atoms with Crippen LogP contribution in [-0.2, 0) is 0 Å². The van der Waals surface area contributed by atoms with Gasteiger partial charge in [-0.05, 0) is 36.2 Å². The number of methoxy groups -OCH3 is 2. The second-order valence-corrected chi connectivity index (χ2v) is 8.47. The summed E-state index contributed by atoms with van der Waals surface area (Å²) in [5.74, 6) is 1.46. The summed E-state index contributed by atoms with van der Waals surface area (Å²) in [4.78, 5) is 1.62. The van der Waals surface area contributed by atoms with Gasteiger partial charge >= 0.3 is 0 Å². The molecule has 1 fully saturated rings. The highest BCUT2D eigenvalue weighted by Gasteiger charge is 2.37. The van der Waals surface area contributed by atoms with Crippen LogP contribution in [0.4, 0.5) is 0 Å². The van der Waals surface area contributed by atoms with E-state index in [-0.39, 0.29) is 0 Å². The second-order valence-electron chi connectivity index (χ2n) is 8.47. The largest absolute Gasteiger partial charge is 0.493 e. The van der Waals surface area contributed by atoms with Crippen LogP contribution in [-0.4, -0.2) is 51.1 Å². The SMILES string of the molecule is COc1ccc(/C(C)=N\N2CC[NH+](C3c4ccccc4-c4ccccc43)CC2)cc1OC. The third-order valence-corrected chi connectivity index (χ3v) is 6.72. The van der Waals surface area contributed by atoms with Crippen molar-refractivity contribution in [2.45, 2.75) is 13.0 Å². The molecule has 5 rings (SSSR count). The summed E-state index contributed by atoms with van der Waals surface area (Å²) in [6.07, 6.45) is 0. The minimum atomic E-state index is 0.417. The summed E-state index contributed by atoms with van der Waals surface area (Å²) >= 11 is 0. The first-order valence-corrected chi connectivity index (χ1v) is 11.2. The standard InChI is InChI=1S/C27H29N3O2/c1-19(20-12-13-25(31-2)26(18-20)32-3)28-30-16-14-29(15-17-30)27-23-10-6-4-8-21(23)22-9-5-7-11-24(22)27/h4-13,18,27H,14-17H2,1-3H3/p+1/b28-19-. The van der Waals surface area contributed by atoms with Gasteiger partial charge in [-0.3, -0.25) is 5.01 Å². The van der Waals surface area contributed by atoms with Gasteiger partial charge in [0.1, 0.15) is 6.04 Å². The zero-order chi connectivity index (χ0) is 22.1. The summed E-state index contributed by atoms with van der Waals surface area (Å²) in [7, 11) is 3.32. The van der Waals surface area contributed by atoms with E-state index in [1.54, 1.807) is 19.1 Å². The zero-order valence-electron chi connectivity index (χ0n) is 19.0. The van der Waals surface area contributed by atoms with Gasteiger partial charge in [0.2, 0.25) is 0 Å². The first kappa shape index (κ1) is 20.6. The molecule has 32 heavy (non-hydrogen) atoms. The van der Waals surface area contributed by atoms with Crippen molar-refractivity contribution in [3.8, 4) is 22.6 Å². The van der Waals surface area contributed by atoms with Gasteiger partial charge in [-0.1, -0.05) is 48.5 Å². The van der Waals surface area contributed by atoms with Gasteiger partial charge in [0.15, 0.2) is 11.5 Å². The van der Waals surface area contributed by atoms with E-state index in [9.17, 15) is 0 Å². The van der Waals surface area contributed by atoms with Gasteiger partial charge in [-0.25, -0.2) is 0 Å². The predicted octanol–water partition coefficient (Wildman–Crippen LogP) is 3.40. The highest BCUT2D eigenvalue weighted by Crippen LogP contribution is 2.41. The van der Waals surface area contributed by atoms with Crippen LogP contribution in [0.3, 0.4) is 0 Å². The molecular formula is C27H30N3O2+. The Morgan fingerprint density at radius 1 is 0.844 bits per heavy atom. The summed E-state index contributed by atoms with van der Waals surface area (Å²) in [6, 6.07) is 24.2. The average Bonchev–Trinajstić information content (AvgIpc) is 3.18. The maximum atomic E-state index is 5.45. The minimum absolute atomic E-state index is 0.417. The van der Waals surface area contributed by atoms with E-state index in [0.29, 0.717) is 6.04 Å². The smallest absolute Gasteiger partial charge is 0.161 e. The van der Waals surface area contributed by atoms with Crippen molar-refractivity contribution in [3.05, 3.63) is 83.4 Å². The highest BCUT2D eigenvalue weighted by molar-refractivity contribution is 5.99. The molecule has 0 bridgehead atoms. The number of hydrogen-bond acceptors (Lipinski definition) is 4. The van der Waals surface area contributed by atoms with E-state index >= 15 is 0 Å². The van der Waals surface area contributed by atoms with Crippen molar-refractivity contribution in [3.63, 3.8) is 0 Å². The molecular weight excluding hydrogens is 398 g/mol. The van der Waals surface area contributed by atoms with Crippen LogP contribution in [0.25, 0.3) is 11.1 Å². The molecule has 1 saturated heterocycles. The normalized spacial score (nSPS) is 16.6. The van der Waals surface area contributed by atoms with E-state index in [2.05, 4.69) is 60.5 Å². The van der Waals surface area contributed by atoms with Crippen molar-refractivity contribution in [2.75, 3.05) is 40.4 Å². The third-order valence-electron chi connectivity index (χ3n) is 6.72. The Hall–Kier alpha value is -3.31. The molecule has 0 radical (unpaired) electrons. The number of quaternary nitrogens is 1. The fraction of sp³-hybridized carbons (Fsp3) is 0.296. The Labute approximate surface area is 189 Å². The molecule has 0 atom stereocenters. The van der Waals surface area contributed by atoms with Gasteiger partial charge in [0.05, 0.1) is 46.1 Å². The Morgan fingerprint density at radius 3 is 2.03 bits per heavy atom. The number of fused-ring (bicyclic) bond motifs is 3. The van der Waals surface area contributed by atoms with Crippen LogP contribution in [0, 0.1) is 0 Å². The Balaban J connectivity index is 1.32. The third kappa shape index (κ3) is 3.63. The van der Waals surface area contributed by atoms with Crippen molar-refractivity contribution < 1.29 is 14.4 Å². The van der Waals surface area contributed by atoms with E-state index in [0.717, 1.165) is 49.0 Å². The molecule has 1 aliphatic heterocycles. The van der Waals surface area contributed by atoms with Crippen LogP contribution in [0.1, 0.15) is 29.7 Å². The van der Waals surface area contributed by atoms with Crippen molar-refractivity contribution in [1.29, 1.82) is 0 Å². The number of hydrazone groups is 1. The average molecular weight is 429 g/mol. The summed E-state index contributed by atoms with van der Waals surface area (Å²) in [5.41, 5.74) is 7.75. The molecule has 0 unspecified atom stereocenters. The number of hydrogen-bond donors (Lipinski definition) is 1. The lowest BCUT2D eigenvalue weighted by Gasteiger charge is -2.35. The molecule has 0 amide bonds. The highest BCUT2D eigenvalue weighted by atomic mass is 16.5. The second kappa shape index (κ2) is 8.67. The van der Waals surface area contributed by atoms with Gasteiger partial charge in [-0.2, -0.15) is 5.10 Å². The van der Waals surface area contributed by atoms with Gasteiger partial charge in [0.25, 0.3) is 0 Å². The maximum absolute atomic E-state index is 5.45. The van der Waals surface area contributed by atoms with E-state index < -0.39 is 0 Å². The van der Waals surface area contributed by atoms with Crippen molar-refractivity contribution in [1.82, 2.24) is 5.01 Å². The first-order valence-electron chi connectivity index (χ1n) is 11.2. The summed E-state index contributed by atoms with van der Waals surface area (Å²) in [6.45, 7) is 6.08. The lowest BCUT2D eigenvalue weighted by Crippen LogP contribution is -3.14. The fourth-order valence-corrected chi connectivity index (χ4v) is 5.10. The van der Waals surface area contributed by atoms with Crippen LogP contribution in [0.2, 0.25) is 0 Å². The predicted molar refractivity (Wildman–Crippen MR) is 128 cm³/mol. The molecule has 0 spiro atoms. The lowest BCUT2D eigenvalue weighted by molar-refractivity contribution is -0.929. The van der Waals surface area contributed by atoms with Crippen LogP contribution < -0.4 is 14.4 Å². The number of nitrogens with zero attached hydrogens (tertiary/aromatic N) is 2.